The maximum Gasteiger partial charge on any atom is 0.140 e. The molecular formula is C9H21N3O2. The van der Waals surface area contributed by atoms with Crippen molar-refractivity contribution in [2.24, 2.45) is 10.9 Å². The van der Waals surface area contributed by atoms with Gasteiger partial charge in [0.05, 0.1) is 6.61 Å². The van der Waals surface area contributed by atoms with Gasteiger partial charge >= 0.3 is 0 Å². The molecule has 0 radical (unpaired) electrons. The fraction of sp³-hybridized carbons (Fsp3) is 0.889. The summed E-state index contributed by atoms with van der Waals surface area (Å²) in [4.78, 5) is 0. The predicted octanol–water partition coefficient (Wildman–Crippen LogP) is 0.526. The Morgan fingerprint density at radius 1 is 1.64 bits per heavy atom. The lowest BCUT2D eigenvalue weighted by molar-refractivity contribution is 0.166. The molecule has 0 aromatic heterocycles. The molecule has 0 fully saturated rings. The molecule has 2 atom stereocenters. The van der Waals surface area contributed by atoms with Crippen molar-refractivity contribution in [3.05, 3.63) is 0 Å². The summed E-state index contributed by atoms with van der Waals surface area (Å²) < 4.78 is 5.01. The minimum atomic E-state index is 0.232. The summed E-state index contributed by atoms with van der Waals surface area (Å²) in [5.74, 6) is 0.258. The summed E-state index contributed by atoms with van der Waals surface area (Å²) >= 11 is 0. The summed E-state index contributed by atoms with van der Waals surface area (Å²) in [7, 11) is 1.67. The van der Waals surface area contributed by atoms with Gasteiger partial charge in [-0.3, -0.25) is 0 Å². The van der Waals surface area contributed by atoms with E-state index in [2.05, 4.69) is 17.4 Å². The predicted molar refractivity (Wildman–Crippen MR) is 56.6 cm³/mol. The molecule has 0 saturated heterocycles. The maximum absolute atomic E-state index is 8.43. The number of amidine groups is 1. The van der Waals surface area contributed by atoms with Crippen LogP contribution in [-0.2, 0) is 4.74 Å². The second-order valence-electron chi connectivity index (χ2n) is 3.42. The number of hydrogen-bond donors (Lipinski definition) is 3. The minimum absolute atomic E-state index is 0.232. The second-order valence-corrected chi connectivity index (χ2v) is 3.42. The molecule has 14 heavy (non-hydrogen) atoms. The number of nitrogens with two attached hydrogens (primary N) is 1. The Hall–Kier alpha value is -0.810. The third-order valence-electron chi connectivity index (χ3n) is 2.01. The van der Waals surface area contributed by atoms with Gasteiger partial charge in [-0.15, -0.1) is 0 Å². The van der Waals surface area contributed by atoms with Gasteiger partial charge < -0.3 is 21.0 Å². The van der Waals surface area contributed by atoms with Crippen molar-refractivity contribution in [1.82, 2.24) is 5.32 Å². The monoisotopic (exact) mass is 203 g/mol. The van der Waals surface area contributed by atoms with Crippen molar-refractivity contribution >= 4 is 5.84 Å². The average molecular weight is 203 g/mol. The van der Waals surface area contributed by atoms with Gasteiger partial charge in [0, 0.05) is 25.6 Å². The zero-order valence-corrected chi connectivity index (χ0v) is 9.16. The number of nitrogens with zero attached hydrogens (tertiary/aromatic N) is 1. The summed E-state index contributed by atoms with van der Waals surface area (Å²) in [6.45, 7) is 4.76. The fourth-order valence-electron chi connectivity index (χ4n) is 1.31. The first-order chi connectivity index (χ1) is 6.63. The van der Waals surface area contributed by atoms with E-state index in [0.717, 1.165) is 6.42 Å². The van der Waals surface area contributed by atoms with Gasteiger partial charge in [0.1, 0.15) is 5.84 Å². The highest BCUT2D eigenvalue weighted by Gasteiger charge is 2.11. The van der Waals surface area contributed by atoms with E-state index in [1.807, 2.05) is 6.92 Å². The van der Waals surface area contributed by atoms with Crippen molar-refractivity contribution in [2.75, 3.05) is 13.7 Å². The van der Waals surface area contributed by atoms with Crippen molar-refractivity contribution in [2.45, 2.75) is 38.8 Å². The molecule has 0 aliphatic rings. The van der Waals surface area contributed by atoms with E-state index < -0.39 is 0 Å². The van der Waals surface area contributed by atoms with Crippen molar-refractivity contribution in [3.8, 4) is 0 Å². The van der Waals surface area contributed by atoms with Crippen LogP contribution in [0.25, 0.3) is 0 Å². The van der Waals surface area contributed by atoms with Crippen LogP contribution < -0.4 is 11.1 Å². The van der Waals surface area contributed by atoms with Crippen LogP contribution >= 0.6 is 0 Å². The highest BCUT2D eigenvalue weighted by molar-refractivity contribution is 5.80. The van der Waals surface area contributed by atoms with E-state index in [0.29, 0.717) is 13.0 Å². The van der Waals surface area contributed by atoms with Crippen molar-refractivity contribution in [3.63, 3.8) is 0 Å². The molecule has 0 heterocycles. The van der Waals surface area contributed by atoms with Crippen LogP contribution in [-0.4, -0.2) is 36.8 Å². The molecule has 5 nitrogen and oxygen atoms in total. The third kappa shape index (κ3) is 5.77. The molecule has 0 aromatic rings. The molecule has 0 bridgehead atoms. The Labute approximate surface area is 85.3 Å². The van der Waals surface area contributed by atoms with E-state index in [-0.39, 0.29) is 17.9 Å². The molecule has 0 aliphatic carbocycles. The van der Waals surface area contributed by atoms with Gasteiger partial charge in [-0.25, -0.2) is 0 Å². The third-order valence-corrected chi connectivity index (χ3v) is 2.01. The average Bonchev–Trinajstić information content (AvgIpc) is 2.16. The molecule has 2 unspecified atom stereocenters. The second kappa shape index (κ2) is 7.58. The molecule has 0 amide bonds. The van der Waals surface area contributed by atoms with Crippen LogP contribution in [0.3, 0.4) is 0 Å². The first kappa shape index (κ1) is 13.2. The summed E-state index contributed by atoms with van der Waals surface area (Å²) in [6, 6.07) is 0.507. The van der Waals surface area contributed by atoms with Crippen LogP contribution in [0, 0.1) is 0 Å². The van der Waals surface area contributed by atoms with Crippen LogP contribution in [0.2, 0.25) is 0 Å². The topological polar surface area (TPSA) is 79.9 Å². The Morgan fingerprint density at radius 2 is 2.29 bits per heavy atom. The van der Waals surface area contributed by atoms with E-state index in [4.69, 9.17) is 15.7 Å². The molecule has 84 valence electrons. The van der Waals surface area contributed by atoms with Crippen molar-refractivity contribution < 1.29 is 9.94 Å². The van der Waals surface area contributed by atoms with Crippen LogP contribution in [0.15, 0.2) is 5.16 Å². The van der Waals surface area contributed by atoms with Gasteiger partial charge in [0.2, 0.25) is 0 Å². The normalized spacial score (nSPS) is 16.6. The Bertz CT molecular complexity index is 173. The Morgan fingerprint density at radius 3 is 2.71 bits per heavy atom. The first-order valence-corrected chi connectivity index (χ1v) is 4.85. The van der Waals surface area contributed by atoms with E-state index in [1.54, 1.807) is 7.11 Å². The summed E-state index contributed by atoms with van der Waals surface area (Å²) in [5.41, 5.74) is 5.43. The molecule has 0 spiro atoms. The van der Waals surface area contributed by atoms with Gasteiger partial charge in [0.25, 0.3) is 0 Å². The minimum Gasteiger partial charge on any atom is -0.409 e. The summed E-state index contributed by atoms with van der Waals surface area (Å²) in [6.07, 6.45) is 1.49. The number of oxime groups is 1. The molecule has 0 rings (SSSR count). The molecule has 0 saturated carbocycles. The molecule has 5 heteroatoms. The standard InChI is InChI=1S/C9H21N3O2/c1-4-8(5-9(10)12-13)11-7(2)6-14-3/h7-8,11,13H,4-6H2,1-3H3,(H2,10,12). The van der Waals surface area contributed by atoms with Gasteiger partial charge in [0.15, 0.2) is 0 Å². The van der Waals surface area contributed by atoms with Crippen LogP contribution in [0.4, 0.5) is 0 Å². The van der Waals surface area contributed by atoms with E-state index in [1.165, 1.54) is 0 Å². The Kier molecular flexibility index (Phi) is 7.14. The lowest BCUT2D eigenvalue weighted by Crippen LogP contribution is -2.41. The highest BCUT2D eigenvalue weighted by Crippen LogP contribution is 1.99. The number of ether oxygens (including phenoxy) is 1. The molecule has 0 aromatic carbocycles. The maximum atomic E-state index is 8.43. The zero-order valence-electron chi connectivity index (χ0n) is 9.16. The van der Waals surface area contributed by atoms with Gasteiger partial charge in [-0.2, -0.15) is 0 Å². The molecule has 4 N–H and O–H groups in total. The van der Waals surface area contributed by atoms with Gasteiger partial charge in [-0.05, 0) is 13.3 Å². The number of hydrogen-bond acceptors (Lipinski definition) is 4. The summed E-state index contributed by atoms with van der Waals surface area (Å²) in [5, 5.41) is 14.7. The fourth-order valence-corrected chi connectivity index (χ4v) is 1.31. The van der Waals surface area contributed by atoms with Crippen molar-refractivity contribution in [1.29, 1.82) is 0 Å². The van der Waals surface area contributed by atoms with Gasteiger partial charge in [-0.1, -0.05) is 12.1 Å². The zero-order chi connectivity index (χ0) is 11.0. The quantitative estimate of drug-likeness (QED) is 0.244. The van der Waals surface area contributed by atoms with E-state index in [9.17, 15) is 0 Å². The lowest BCUT2D eigenvalue weighted by Gasteiger charge is -2.21. The SMILES string of the molecule is CCC(CC(N)=NO)NC(C)COC. The smallest absolute Gasteiger partial charge is 0.140 e. The number of nitrogens with one attached hydrogen (secondary N) is 1. The number of methoxy groups -OCH3 is 1. The largest absolute Gasteiger partial charge is 0.409 e. The van der Waals surface area contributed by atoms with Crippen LogP contribution in [0.1, 0.15) is 26.7 Å². The highest BCUT2D eigenvalue weighted by atomic mass is 16.5. The van der Waals surface area contributed by atoms with Crippen LogP contribution in [0.5, 0.6) is 0 Å². The van der Waals surface area contributed by atoms with E-state index >= 15 is 0 Å². The molecule has 0 aliphatic heterocycles. The first-order valence-electron chi connectivity index (χ1n) is 4.85. The number of rotatable bonds is 7. The Balaban J connectivity index is 3.89. The molecular weight excluding hydrogens is 182 g/mol. The lowest BCUT2D eigenvalue weighted by atomic mass is 10.1.